The fourth-order valence-electron chi connectivity index (χ4n) is 1.53. The first kappa shape index (κ1) is 17.1. The van der Waals surface area contributed by atoms with E-state index < -0.39 is 36.1 Å². The molecule has 0 saturated heterocycles. The van der Waals surface area contributed by atoms with Crippen LogP contribution >= 0.6 is 11.6 Å². The summed E-state index contributed by atoms with van der Waals surface area (Å²) in [6.45, 7) is -1.97. The van der Waals surface area contributed by atoms with Crippen LogP contribution in [0.2, 0.25) is 5.02 Å². The van der Waals surface area contributed by atoms with Crippen LogP contribution in [0.25, 0.3) is 0 Å². The summed E-state index contributed by atoms with van der Waals surface area (Å²) >= 11 is 5.82. The van der Waals surface area contributed by atoms with Gasteiger partial charge in [-0.1, -0.05) is 11.6 Å². The van der Waals surface area contributed by atoms with Gasteiger partial charge in [0.1, 0.15) is 5.75 Å². The summed E-state index contributed by atoms with van der Waals surface area (Å²) in [5.74, 6) is 0.271. The fourth-order valence-corrected chi connectivity index (χ4v) is 3.29. The molecule has 0 heterocycles. The molecule has 1 aromatic carbocycles. The average molecular weight is 330 g/mol. The first-order valence-electron chi connectivity index (χ1n) is 5.55. The van der Waals surface area contributed by atoms with Gasteiger partial charge in [-0.25, -0.2) is 17.2 Å². The first-order chi connectivity index (χ1) is 9.32. The summed E-state index contributed by atoms with van der Waals surface area (Å²) in [6, 6.07) is 3.65. The van der Waals surface area contributed by atoms with Gasteiger partial charge in [-0.05, 0) is 18.2 Å². The zero-order chi connectivity index (χ0) is 15.3. The molecule has 5 nitrogen and oxygen atoms in total. The normalized spacial score (nSPS) is 12.2. The number of alkyl halides is 2. The van der Waals surface area contributed by atoms with Gasteiger partial charge in [0.05, 0.1) is 30.2 Å². The van der Waals surface area contributed by atoms with Gasteiger partial charge in [0, 0.05) is 6.54 Å². The van der Waals surface area contributed by atoms with Crippen LogP contribution in [-0.4, -0.2) is 51.1 Å². The highest BCUT2D eigenvalue weighted by molar-refractivity contribution is 7.89. The Kier molecular flexibility index (Phi) is 6.12. The number of benzene rings is 1. The molecule has 114 valence electrons. The number of methoxy groups -OCH3 is 1. The molecule has 0 aliphatic heterocycles. The molecule has 1 N–H and O–H groups in total. The average Bonchev–Trinajstić information content (AvgIpc) is 2.37. The van der Waals surface area contributed by atoms with Crippen molar-refractivity contribution in [2.24, 2.45) is 0 Å². The topological polar surface area (TPSA) is 66.8 Å². The molecule has 0 aromatic heterocycles. The predicted molar refractivity (Wildman–Crippen MR) is 69.9 cm³/mol. The van der Waals surface area contributed by atoms with E-state index in [2.05, 4.69) is 0 Å². The lowest BCUT2D eigenvalue weighted by Gasteiger charge is -2.21. The molecule has 1 aromatic rings. The predicted octanol–water partition coefficient (Wildman–Crippen LogP) is 1.60. The molecule has 1 rings (SSSR count). The van der Waals surface area contributed by atoms with Gasteiger partial charge in [0.15, 0.2) is 0 Å². The van der Waals surface area contributed by atoms with E-state index in [1.54, 1.807) is 0 Å². The van der Waals surface area contributed by atoms with Gasteiger partial charge in [-0.15, -0.1) is 0 Å². The summed E-state index contributed by atoms with van der Waals surface area (Å²) < 4.78 is 54.6. The first-order valence-corrected chi connectivity index (χ1v) is 7.37. The van der Waals surface area contributed by atoms with Crippen molar-refractivity contribution >= 4 is 21.6 Å². The van der Waals surface area contributed by atoms with E-state index in [-0.39, 0.29) is 15.7 Å². The third kappa shape index (κ3) is 4.02. The minimum atomic E-state index is -4.15. The Labute approximate surface area is 120 Å². The van der Waals surface area contributed by atoms with Crippen molar-refractivity contribution in [2.75, 3.05) is 26.8 Å². The van der Waals surface area contributed by atoms with Crippen molar-refractivity contribution in [1.82, 2.24) is 4.31 Å². The standard InChI is InChI=1S/C11H14ClF2NO4S/c1-19-10-3-2-8(6-9(10)12)20(17,18)15(4-5-16)7-11(13)14/h2-3,6,11,16H,4-5,7H2,1H3. The lowest BCUT2D eigenvalue weighted by atomic mass is 10.3. The van der Waals surface area contributed by atoms with Gasteiger partial charge >= 0.3 is 0 Å². The van der Waals surface area contributed by atoms with Gasteiger partial charge in [0.2, 0.25) is 10.0 Å². The number of ether oxygens (including phenoxy) is 1. The molecule has 0 saturated carbocycles. The van der Waals surface area contributed by atoms with Crippen LogP contribution in [0.15, 0.2) is 23.1 Å². The lowest BCUT2D eigenvalue weighted by molar-refractivity contribution is 0.113. The Morgan fingerprint density at radius 1 is 1.45 bits per heavy atom. The van der Waals surface area contributed by atoms with E-state index >= 15 is 0 Å². The largest absolute Gasteiger partial charge is 0.495 e. The number of hydrogen-bond acceptors (Lipinski definition) is 4. The Hall–Kier alpha value is -0.960. The monoisotopic (exact) mass is 329 g/mol. The van der Waals surface area contributed by atoms with Gasteiger partial charge in [-0.2, -0.15) is 4.31 Å². The highest BCUT2D eigenvalue weighted by atomic mass is 35.5. The zero-order valence-corrected chi connectivity index (χ0v) is 12.2. The number of halogens is 3. The molecule has 0 atom stereocenters. The smallest absolute Gasteiger partial charge is 0.252 e. The van der Waals surface area contributed by atoms with Crippen molar-refractivity contribution in [3.8, 4) is 5.75 Å². The van der Waals surface area contributed by atoms with Crippen LogP contribution in [0.4, 0.5) is 8.78 Å². The van der Waals surface area contributed by atoms with Crippen LogP contribution in [-0.2, 0) is 10.0 Å². The Morgan fingerprint density at radius 2 is 2.10 bits per heavy atom. The van der Waals surface area contributed by atoms with Crippen molar-refractivity contribution in [1.29, 1.82) is 0 Å². The molecule has 0 unspecified atom stereocenters. The number of nitrogens with zero attached hydrogens (tertiary/aromatic N) is 1. The van der Waals surface area contributed by atoms with Gasteiger partial charge < -0.3 is 9.84 Å². The molecule has 0 spiro atoms. The van der Waals surface area contributed by atoms with E-state index in [9.17, 15) is 17.2 Å². The summed E-state index contributed by atoms with van der Waals surface area (Å²) in [7, 11) is -2.79. The maximum absolute atomic E-state index is 12.4. The number of sulfonamides is 1. The fraction of sp³-hybridized carbons (Fsp3) is 0.455. The second-order valence-corrected chi connectivity index (χ2v) is 6.12. The van der Waals surface area contributed by atoms with Crippen LogP contribution in [0.3, 0.4) is 0 Å². The second kappa shape index (κ2) is 7.16. The summed E-state index contributed by atoms with van der Waals surface area (Å²) in [4.78, 5) is -0.239. The van der Waals surface area contributed by atoms with Crippen LogP contribution in [0, 0.1) is 0 Å². The molecule has 0 amide bonds. The van der Waals surface area contributed by atoms with Crippen molar-refractivity contribution in [2.45, 2.75) is 11.3 Å². The van der Waals surface area contributed by atoms with E-state index in [1.165, 1.54) is 19.2 Å². The van der Waals surface area contributed by atoms with E-state index in [0.717, 1.165) is 6.07 Å². The minimum absolute atomic E-state index is 0.0505. The zero-order valence-electron chi connectivity index (χ0n) is 10.6. The summed E-state index contributed by atoms with van der Waals surface area (Å²) in [5, 5.41) is 8.85. The molecule has 0 bridgehead atoms. The lowest BCUT2D eigenvalue weighted by Crippen LogP contribution is -2.37. The molecule has 9 heteroatoms. The maximum atomic E-state index is 12.4. The molecule has 0 radical (unpaired) electrons. The van der Waals surface area contributed by atoms with E-state index in [0.29, 0.717) is 4.31 Å². The minimum Gasteiger partial charge on any atom is -0.495 e. The number of aliphatic hydroxyl groups is 1. The molecular formula is C11H14ClF2NO4S. The van der Waals surface area contributed by atoms with Crippen LogP contribution < -0.4 is 4.74 Å². The highest BCUT2D eigenvalue weighted by Crippen LogP contribution is 2.28. The van der Waals surface area contributed by atoms with Crippen molar-refractivity contribution in [3.05, 3.63) is 23.2 Å². The number of rotatable bonds is 7. The molecule has 0 aliphatic carbocycles. The van der Waals surface area contributed by atoms with Crippen LogP contribution in [0.1, 0.15) is 0 Å². The molecule has 0 aliphatic rings. The molecule has 0 fully saturated rings. The quantitative estimate of drug-likeness (QED) is 0.825. The van der Waals surface area contributed by atoms with E-state index in [4.69, 9.17) is 21.4 Å². The van der Waals surface area contributed by atoms with Gasteiger partial charge in [0.25, 0.3) is 6.43 Å². The highest BCUT2D eigenvalue weighted by Gasteiger charge is 2.27. The summed E-state index contributed by atoms with van der Waals surface area (Å²) in [5.41, 5.74) is 0. The molecule has 20 heavy (non-hydrogen) atoms. The second-order valence-electron chi connectivity index (χ2n) is 3.77. The number of aliphatic hydroxyl groups excluding tert-OH is 1. The number of hydrogen-bond donors (Lipinski definition) is 1. The Bertz CT molecular complexity index is 553. The van der Waals surface area contributed by atoms with Crippen molar-refractivity contribution < 1.29 is 27.0 Å². The van der Waals surface area contributed by atoms with Gasteiger partial charge in [-0.3, -0.25) is 0 Å². The van der Waals surface area contributed by atoms with Crippen LogP contribution in [0.5, 0.6) is 5.75 Å². The third-order valence-corrected chi connectivity index (χ3v) is 4.61. The Balaban J connectivity index is 3.15. The van der Waals surface area contributed by atoms with Crippen molar-refractivity contribution in [3.63, 3.8) is 0 Å². The van der Waals surface area contributed by atoms with E-state index in [1.807, 2.05) is 0 Å². The maximum Gasteiger partial charge on any atom is 0.252 e. The molecular weight excluding hydrogens is 316 g/mol. The Morgan fingerprint density at radius 3 is 2.55 bits per heavy atom. The SMILES string of the molecule is COc1ccc(S(=O)(=O)N(CCO)CC(F)F)cc1Cl. The summed E-state index contributed by atoms with van der Waals surface area (Å²) in [6.07, 6.45) is -2.84. The third-order valence-electron chi connectivity index (χ3n) is 2.45.